The number of aromatic amines is 1. The third-order valence-corrected chi connectivity index (χ3v) is 5.04. The van der Waals surface area contributed by atoms with Crippen LogP contribution in [-0.4, -0.2) is 24.4 Å². The van der Waals surface area contributed by atoms with Crippen LogP contribution in [0.3, 0.4) is 0 Å². The molecule has 2 aromatic heterocycles. The number of nitrogens with zero attached hydrogens (tertiary/aromatic N) is 2. The van der Waals surface area contributed by atoms with Crippen molar-refractivity contribution in [3.05, 3.63) is 64.9 Å². The van der Waals surface area contributed by atoms with E-state index in [0.29, 0.717) is 16.5 Å². The fraction of sp³-hybridized carbons (Fsp3) is 0.182. The Morgan fingerprint density at radius 3 is 2.21 bits per heavy atom. The third-order valence-electron chi connectivity index (χ3n) is 4.79. The number of fused-ring (bicyclic) bond motifs is 1. The van der Waals surface area contributed by atoms with E-state index in [1.165, 1.54) is 0 Å². The predicted molar refractivity (Wildman–Crippen MR) is 111 cm³/mol. The summed E-state index contributed by atoms with van der Waals surface area (Å²) >= 11 is 6.14. The van der Waals surface area contributed by atoms with Gasteiger partial charge in [-0.15, -0.1) is 0 Å². The van der Waals surface area contributed by atoms with Gasteiger partial charge in [-0.05, 0) is 61.7 Å². The molecule has 0 spiro atoms. The number of aromatic nitrogens is 3. The van der Waals surface area contributed by atoms with Crippen molar-refractivity contribution in [1.29, 1.82) is 0 Å². The Morgan fingerprint density at radius 1 is 0.929 bits per heavy atom. The van der Waals surface area contributed by atoms with Crippen molar-refractivity contribution >= 4 is 22.4 Å². The minimum absolute atomic E-state index is 0.679. The van der Waals surface area contributed by atoms with Crippen LogP contribution in [0.1, 0.15) is 11.4 Å². The Labute approximate surface area is 168 Å². The zero-order valence-electron chi connectivity index (χ0n) is 16.2. The van der Waals surface area contributed by atoms with Gasteiger partial charge in [-0.3, -0.25) is 0 Å². The molecule has 0 radical (unpaired) electrons. The summed E-state index contributed by atoms with van der Waals surface area (Å²) in [7, 11) is 3.29. The average molecular weight is 395 g/mol. The number of benzene rings is 2. The normalized spacial score (nSPS) is 11.0. The molecule has 0 unspecified atom stereocenters. The number of pyridine rings is 1. The summed E-state index contributed by atoms with van der Waals surface area (Å²) in [4.78, 5) is 0. The molecular weight excluding hydrogens is 374 g/mol. The van der Waals surface area contributed by atoms with E-state index in [9.17, 15) is 0 Å². The first kappa shape index (κ1) is 18.3. The van der Waals surface area contributed by atoms with Crippen LogP contribution in [0.4, 0.5) is 0 Å². The molecule has 0 saturated heterocycles. The standard InChI is InChI=1S/C22H21ClN3O2/c1-13-9-21(25-24-13)26-14(2)10-16-11-19(27-3)20(28-4)12-18(16)22(26)15-5-7-17(23)8-6-15/h5-12H,1-4H3,(H,24,25)/q+1. The quantitative estimate of drug-likeness (QED) is 0.506. The van der Waals surface area contributed by atoms with Crippen molar-refractivity contribution in [2.75, 3.05) is 14.2 Å². The highest BCUT2D eigenvalue weighted by Crippen LogP contribution is 2.36. The minimum Gasteiger partial charge on any atom is -0.493 e. The van der Waals surface area contributed by atoms with Gasteiger partial charge in [0.1, 0.15) is 11.4 Å². The van der Waals surface area contributed by atoms with Crippen LogP contribution in [0.5, 0.6) is 11.5 Å². The maximum absolute atomic E-state index is 6.14. The number of aryl methyl sites for hydroxylation is 2. The van der Waals surface area contributed by atoms with E-state index in [1.54, 1.807) is 14.2 Å². The number of hydrogen-bond donors (Lipinski definition) is 1. The van der Waals surface area contributed by atoms with Crippen LogP contribution in [0.15, 0.2) is 48.5 Å². The number of hydrogen-bond acceptors (Lipinski definition) is 3. The van der Waals surface area contributed by atoms with Gasteiger partial charge in [0.15, 0.2) is 11.5 Å². The van der Waals surface area contributed by atoms with Crippen molar-refractivity contribution in [2.45, 2.75) is 13.8 Å². The van der Waals surface area contributed by atoms with E-state index in [4.69, 9.17) is 21.1 Å². The highest BCUT2D eigenvalue weighted by atomic mass is 35.5. The maximum atomic E-state index is 6.14. The largest absolute Gasteiger partial charge is 0.493 e. The van der Waals surface area contributed by atoms with E-state index in [2.05, 4.69) is 27.8 Å². The van der Waals surface area contributed by atoms with Gasteiger partial charge < -0.3 is 9.47 Å². The van der Waals surface area contributed by atoms with E-state index >= 15 is 0 Å². The molecule has 0 fully saturated rings. The fourth-order valence-corrected chi connectivity index (χ4v) is 3.64. The lowest BCUT2D eigenvalue weighted by atomic mass is 10.0. The molecule has 0 saturated carbocycles. The number of methoxy groups -OCH3 is 2. The van der Waals surface area contributed by atoms with Gasteiger partial charge in [0, 0.05) is 16.0 Å². The number of ether oxygens (including phenoxy) is 2. The molecule has 142 valence electrons. The van der Waals surface area contributed by atoms with Crippen molar-refractivity contribution in [1.82, 2.24) is 10.2 Å². The summed E-state index contributed by atoms with van der Waals surface area (Å²) in [5.41, 5.74) is 4.10. The van der Waals surface area contributed by atoms with E-state index < -0.39 is 0 Å². The van der Waals surface area contributed by atoms with E-state index in [-0.39, 0.29) is 0 Å². The molecule has 4 aromatic rings. The maximum Gasteiger partial charge on any atom is 0.355 e. The lowest BCUT2D eigenvalue weighted by Crippen LogP contribution is -2.37. The monoisotopic (exact) mass is 394 g/mol. The van der Waals surface area contributed by atoms with Crippen LogP contribution in [-0.2, 0) is 0 Å². The van der Waals surface area contributed by atoms with Gasteiger partial charge in [0.2, 0.25) is 0 Å². The zero-order valence-corrected chi connectivity index (χ0v) is 17.0. The molecule has 28 heavy (non-hydrogen) atoms. The Hall–Kier alpha value is -3.05. The van der Waals surface area contributed by atoms with Crippen LogP contribution in [0, 0.1) is 13.8 Å². The molecule has 4 rings (SSSR count). The number of H-pyrrole nitrogens is 1. The van der Waals surface area contributed by atoms with Crippen LogP contribution in [0.25, 0.3) is 27.8 Å². The second kappa shape index (κ2) is 7.17. The second-order valence-electron chi connectivity index (χ2n) is 6.68. The molecule has 0 atom stereocenters. The summed E-state index contributed by atoms with van der Waals surface area (Å²) in [5.74, 6) is 2.21. The highest BCUT2D eigenvalue weighted by molar-refractivity contribution is 6.30. The first-order valence-electron chi connectivity index (χ1n) is 8.91. The molecule has 2 aromatic carbocycles. The number of halogens is 1. The molecule has 1 N–H and O–H groups in total. The molecule has 0 bridgehead atoms. The van der Waals surface area contributed by atoms with Crippen LogP contribution < -0.4 is 14.0 Å². The number of nitrogens with one attached hydrogen (secondary N) is 1. The molecular formula is C22H21ClN3O2+. The Bertz CT molecular complexity index is 1170. The summed E-state index contributed by atoms with van der Waals surface area (Å²) in [6.07, 6.45) is 0. The zero-order chi connectivity index (χ0) is 19.8. The van der Waals surface area contributed by atoms with Gasteiger partial charge in [0.05, 0.1) is 31.1 Å². The number of rotatable bonds is 4. The van der Waals surface area contributed by atoms with Crippen molar-refractivity contribution < 1.29 is 14.0 Å². The minimum atomic E-state index is 0.679. The third kappa shape index (κ3) is 3.08. The summed E-state index contributed by atoms with van der Waals surface area (Å²) < 4.78 is 13.2. The average Bonchev–Trinajstić information content (AvgIpc) is 3.12. The van der Waals surface area contributed by atoms with Crippen LogP contribution in [0.2, 0.25) is 5.02 Å². The van der Waals surface area contributed by atoms with Crippen molar-refractivity contribution in [3.63, 3.8) is 0 Å². The van der Waals surface area contributed by atoms with Crippen LogP contribution >= 0.6 is 11.6 Å². The first-order valence-corrected chi connectivity index (χ1v) is 9.29. The topological polar surface area (TPSA) is 51.0 Å². The Balaban J connectivity index is 2.14. The fourth-order valence-electron chi connectivity index (χ4n) is 3.51. The molecule has 0 amide bonds. The van der Waals surface area contributed by atoms with Gasteiger partial charge in [0.25, 0.3) is 0 Å². The first-order chi connectivity index (χ1) is 13.5. The molecule has 0 aliphatic carbocycles. The second-order valence-corrected chi connectivity index (χ2v) is 7.12. The van der Waals surface area contributed by atoms with Crippen molar-refractivity contribution in [2.24, 2.45) is 0 Å². The summed E-state index contributed by atoms with van der Waals surface area (Å²) in [5, 5.41) is 10.3. The Morgan fingerprint density at radius 2 is 1.61 bits per heavy atom. The predicted octanol–water partition coefficient (Wildman–Crippen LogP) is 4.79. The van der Waals surface area contributed by atoms with E-state index in [0.717, 1.165) is 39.2 Å². The van der Waals surface area contributed by atoms with Gasteiger partial charge in [-0.25, -0.2) is 0 Å². The van der Waals surface area contributed by atoms with E-state index in [1.807, 2.05) is 49.4 Å². The SMILES string of the molecule is COc1cc2cc(C)[n+](-c3cc(C)[nH]n3)c(-c3ccc(Cl)cc3)c2cc1OC. The van der Waals surface area contributed by atoms with Gasteiger partial charge in [-0.1, -0.05) is 11.6 Å². The molecule has 0 aliphatic rings. The lowest BCUT2D eigenvalue weighted by Gasteiger charge is -2.15. The van der Waals surface area contributed by atoms with Crippen molar-refractivity contribution in [3.8, 4) is 28.6 Å². The molecule has 6 heteroatoms. The summed E-state index contributed by atoms with van der Waals surface area (Å²) in [6, 6.07) is 16.0. The highest BCUT2D eigenvalue weighted by Gasteiger charge is 2.24. The molecule has 5 nitrogen and oxygen atoms in total. The lowest BCUT2D eigenvalue weighted by molar-refractivity contribution is -0.593. The Kier molecular flexibility index (Phi) is 4.69. The summed E-state index contributed by atoms with van der Waals surface area (Å²) in [6.45, 7) is 4.06. The van der Waals surface area contributed by atoms with Gasteiger partial charge in [-0.2, -0.15) is 9.67 Å². The van der Waals surface area contributed by atoms with Gasteiger partial charge >= 0.3 is 5.82 Å². The molecule has 2 heterocycles. The molecule has 0 aliphatic heterocycles. The smallest absolute Gasteiger partial charge is 0.355 e.